The maximum atomic E-state index is 11.4. The molecule has 1 heterocycles. The van der Waals surface area contributed by atoms with Crippen LogP contribution in [0, 0.1) is 6.92 Å². The molecular formula is C8H11N3O3. The first-order valence-electron chi connectivity index (χ1n) is 3.94. The molecule has 0 saturated heterocycles. The van der Waals surface area contributed by atoms with E-state index >= 15 is 0 Å². The lowest BCUT2D eigenvalue weighted by Gasteiger charge is -2.01. The Morgan fingerprint density at radius 3 is 3.00 bits per heavy atom. The third-order valence-corrected chi connectivity index (χ3v) is 1.66. The van der Waals surface area contributed by atoms with Crippen LogP contribution in [0.25, 0.3) is 0 Å². The number of carbonyl (C=O) groups excluding carboxylic acids is 1. The smallest absolute Gasteiger partial charge is 0.255 e. The molecule has 0 atom stereocenters. The Morgan fingerprint density at radius 2 is 2.50 bits per heavy atom. The molecule has 6 heteroatoms. The van der Waals surface area contributed by atoms with E-state index < -0.39 is 0 Å². The van der Waals surface area contributed by atoms with E-state index in [1.54, 1.807) is 13.0 Å². The highest BCUT2D eigenvalue weighted by atomic mass is 16.4. The Hall–Kier alpha value is -1.98. The number of furan rings is 1. The van der Waals surface area contributed by atoms with Crippen molar-refractivity contribution in [3.63, 3.8) is 0 Å². The highest BCUT2D eigenvalue weighted by Gasteiger charge is 2.10. The lowest BCUT2D eigenvalue weighted by Crippen LogP contribution is -2.33. The Balaban J connectivity index is 2.56. The van der Waals surface area contributed by atoms with E-state index in [1.807, 2.05) is 0 Å². The van der Waals surface area contributed by atoms with Crippen molar-refractivity contribution in [2.45, 2.75) is 6.92 Å². The minimum Gasteiger partial charge on any atom is -0.469 e. The van der Waals surface area contributed by atoms with Crippen LogP contribution < -0.4 is 11.1 Å². The molecule has 0 bridgehead atoms. The molecule has 0 spiro atoms. The average molecular weight is 197 g/mol. The molecule has 0 aliphatic carbocycles. The summed E-state index contributed by atoms with van der Waals surface area (Å²) in [7, 11) is 0. The molecular weight excluding hydrogens is 186 g/mol. The van der Waals surface area contributed by atoms with E-state index in [-0.39, 0.29) is 18.3 Å². The number of carbonyl (C=O) groups is 1. The van der Waals surface area contributed by atoms with Crippen LogP contribution in [0.2, 0.25) is 0 Å². The van der Waals surface area contributed by atoms with Crippen LogP contribution in [-0.2, 0) is 0 Å². The Labute approximate surface area is 80.4 Å². The maximum Gasteiger partial charge on any atom is 0.255 e. The fourth-order valence-corrected chi connectivity index (χ4v) is 0.922. The maximum absolute atomic E-state index is 11.4. The van der Waals surface area contributed by atoms with Crippen molar-refractivity contribution in [2.75, 3.05) is 6.54 Å². The molecule has 0 fully saturated rings. The highest BCUT2D eigenvalue weighted by molar-refractivity contribution is 5.97. The van der Waals surface area contributed by atoms with Crippen LogP contribution >= 0.6 is 0 Å². The number of amidine groups is 1. The van der Waals surface area contributed by atoms with Gasteiger partial charge in [-0.3, -0.25) is 4.79 Å². The van der Waals surface area contributed by atoms with Crippen molar-refractivity contribution in [1.82, 2.24) is 5.32 Å². The van der Waals surface area contributed by atoms with Gasteiger partial charge in [0.1, 0.15) is 5.76 Å². The van der Waals surface area contributed by atoms with Gasteiger partial charge in [-0.15, -0.1) is 0 Å². The van der Waals surface area contributed by atoms with Crippen molar-refractivity contribution in [1.29, 1.82) is 0 Å². The first-order valence-corrected chi connectivity index (χ1v) is 3.94. The number of hydrogen-bond acceptors (Lipinski definition) is 4. The van der Waals surface area contributed by atoms with Gasteiger partial charge in [0.05, 0.1) is 18.4 Å². The van der Waals surface area contributed by atoms with E-state index in [0.29, 0.717) is 11.3 Å². The number of nitrogens with one attached hydrogen (secondary N) is 1. The van der Waals surface area contributed by atoms with Gasteiger partial charge in [-0.1, -0.05) is 5.16 Å². The van der Waals surface area contributed by atoms with Gasteiger partial charge >= 0.3 is 0 Å². The normalized spacial score (nSPS) is 11.4. The second-order valence-corrected chi connectivity index (χ2v) is 2.66. The monoisotopic (exact) mass is 197 g/mol. The zero-order valence-corrected chi connectivity index (χ0v) is 7.65. The number of nitrogens with two attached hydrogens (primary N) is 1. The lowest BCUT2D eigenvalue weighted by atomic mass is 10.2. The van der Waals surface area contributed by atoms with E-state index in [2.05, 4.69) is 10.5 Å². The first kappa shape index (κ1) is 10.1. The molecule has 0 aromatic carbocycles. The largest absolute Gasteiger partial charge is 0.469 e. The average Bonchev–Trinajstić information content (AvgIpc) is 2.60. The second kappa shape index (κ2) is 4.31. The summed E-state index contributed by atoms with van der Waals surface area (Å²) in [5.41, 5.74) is 5.62. The summed E-state index contributed by atoms with van der Waals surface area (Å²) in [4.78, 5) is 11.4. The number of hydrogen-bond donors (Lipinski definition) is 3. The molecule has 1 aromatic rings. The number of oxime groups is 1. The zero-order valence-electron chi connectivity index (χ0n) is 7.65. The Bertz CT molecular complexity index is 356. The molecule has 76 valence electrons. The molecule has 6 nitrogen and oxygen atoms in total. The van der Waals surface area contributed by atoms with Crippen molar-refractivity contribution in [3.8, 4) is 0 Å². The molecule has 0 saturated carbocycles. The summed E-state index contributed by atoms with van der Waals surface area (Å²) in [6, 6.07) is 1.55. The quantitative estimate of drug-likeness (QED) is 0.276. The van der Waals surface area contributed by atoms with Gasteiger partial charge in [-0.25, -0.2) is 0 Å². The molecule has 1 rings (SSSR count). The fraction of sp³-hybridized carbons (Fsp3) is 0.250. The van der Waals surface area contributed by atoms with E-state index in [9.17, 15) is 4.79 Å². The minimum absolute atomic E-state index is 0.0000463. The minimum atomic E-state index is -0.317. The van der Waals surface area contributed by atoms with Crippen LogP contribution in [0.3, 0.4) is 0 Å². The van der Waals surface area contributed by atoms with Gasteiger partial charge in [0.2, 0.25) is 0 Å². The van der Waals surface area contributed by atoms with Crippen LogP contribution in [0.1, 0.15) is 16.1 Å². The molecule has 14 heavy (non-hydrogen) atoms. The summed E-state index contributed by atoms with van der Waals surface area (Å²) < 4.78 is 4.95. The van der Waals surface area contributed by atoms with Gasteiger partial charge in [0.25, 0.3) is 5.91 Å². The number of amides is 1. The number of rotatable bonds is 3. The highest BCUT2D eigenvalue weighted by Crippen LogP contribution is 2.07. The third-order valence-electron chi connectivity index (χ3n) is 1.66. The molecule has 1 aromatic heterocycles. The number of nitrogens with zero attached hydrogens (tertiary/aromatic N) is 1. The van der Waals surface area contributed by atoms with Crippen LogP contribution in [0.5, 0.6) is 0 Å². The van der Waals surface area contributed by atoms with Gasteiger partial charge in [0, 0.05) is 0 Å². The first-order chi connectivity index (χ1) is 6.65. The topological polar surface area (TPSA) is 101 Å². The van der Waals surface area contributed by atoms with Gasteiger partial charge in [-0.2, -0.15) is 0 Å². The van der Waals surface area contributed by atoms with Crippen LogP contribution in [0.4, 0.5) is 0 Å². The Morgan fingerprint density at radius 1 is 1.79 bits per heavy atom. The standard InChI is InChI=1S/C8H11N3O3/c1-5-6(2-3-14-5)8(12)10-4-7(9)11-13/h2-3,13H,4H2,1H3,(H2,9,11)(H,10,12). The van der Waals surface area contributed by atoms with E-state index in [1.165, 1.54) is 6.26 Å². The fourth-order valence-electron chi connectivity index (χ4n) is 0.922. The predicted molar refractivity (Wildman–Crippen MR) is 49.2 cm³/mol. The van der Waals surface area contributed by atoms with Gasteiger partial charge in [0.15, 0.2) is 5.84 Å². The van der Waals surface area contributed by atoms with Crippen LogP contribution in [0.15, 0.2) is 21.9 Å². The van der Waals surface area contributed by atoms with Crippen molar-refractivity contribution in [3.05, 3.63) is 23.7 Å². The molecule has 4 N–H and O–H groups in total. The SMILES string of the molecule is Cc1occc1C(=O)NC/C(N)=N/O. The van der Waals surface area contributed by atoms with Gasteiger partial charge in [-0.05, 0) is 13.0 Å². The summed E-state index contributed by atoms with van der Waals surface area (Å²) in [5.74, 6) is 0.157. The van der Waals surface area contributed by atoms with E-state index in [4.69, 9.17) is 15.4 Å². The van der Waals surface area contributed by atoms with E-state index in [0.717, 1.165) is 0 Å². The second-order valence-electron chi connectivity index (χ2n) is 2.66. The molecule has 0 aliphatic rings. The Kier molecular flexibility index (Phi) is 3.11. The summed E-state index contributed by atoms with van der Waals surface area (Å²) in [5, 5.41) is 13.4. The summed E-state index contributed by atoms with van der Waals surface area (Å²) in [6.07, 6.45) is 1.42. The van der Waals surface area contributed by atoms with Crippen molar-refractivity contribution in [2.24, 2.45) is 10.9 Å². The third kappa shape index (κ3) is 2.25. The van der Waals surface area contributed by atoms with Gasteiger partial charge < -0.3 is 20.7 Å². The molecule has 0 unspecified atom stereocenters. The molecule has 1 amide bonds. The molecule has 0 aliphatic heterocycles. The molecule has 0 radical (unpaired) electrons. The lowest BCUT2D eigenvalue weighted by molar-refractivity contribution is 0.0957. The zero-order chi connectivity index (χ0) is 10.6. The predicted octanol–water partition coefficient (Wildman–Crippen LogP) is 0.0642. The van der Waals surface area contributed by atoms with Crippen molar-refractivity contribution < 1.29 is 14.4 Å². The summed E-state index contributed by atoms with van der Waals surface area (Å²) in [6.45, 7) is 1.68. The number of aryl methyl sites for hydroxylation is 1. The summed E-state index contributed by atoms with van der Waals surface area (Å²) >= 11 is 0. The van der Waals surface area contributed by atoms with Crippen molar-refractivity contribution >= 4 is 11.7 Å². The van der Waals surface area contributed by atoms with Crippen LogP contribution in [-0.4, -0.2) is 23.5 Å².